The van der Waals surface area contributed by atoms with Gasteiger partial charge in [0.15, 0.2) is 0 Å². The summed E-state index contributed by atoms with van der Waals surface area (Å²) in [6, 6.07) is 0. The number of ether oxygens (including phenoxy) is 3. The second kappa shape index (κ2) is 42.5. The van der Waals surface area contributed by atoms with Crippen molar-refractivity contribution >= 4 is 17.9 Å². The number of unbranched alkanes of at least 4 members (excludes halogenated alkanes) is 16. The van der Waals surface area contributed by atoms with Crippen LogP contribution < -0.4 is 0 Å². The van der Waals surface area contributed by atoms with Gasteiger partial charge in [-0.25, -0.2) is 0 Å². The highest BCUT2D eigenvalue weighted by Crippen LogP contribution is 2.22. The molecule has 0 amide bonds. The van der Waals surface area contributed by atoms with Crippen LogP contribution in [0.2, 0.25) is 0 Å². The van der Waals surface area contributed by atoms with Crippen LogP contribution in [0.25, 0.3) is 0 Å². The molecule has 0 spiro atoms. The van der Waals surface area contributed by atoms with Gasteiger partial charge in [0.1, 0.15) is 6.10 Å². The first-order chi connectivity index (χ1) is 27.8. The summed E-state index contributed by atoms with van der Waals surface area (Å²) in [5, 5.41) is 0. The molecular formula is C50H97NO6. The van der Waals surface area contributed by atoms with E-state index in [4.69, 9.17) is 14.2 Å². The number of hydrogen-bond acceptors (Lipinski definition) is 7. The minimum Gasteiger partial charge on any atom is -0.466 e. The van der Waals surface area contributed by atoms with Crippen molar-refractivity contribution < 1.29 is 28.6 Å². The van der Waals surface area contributed by atoms with Gasteiger partial charge in [0.2, 0.25) is 0 Å². The van der Waals surface area contributed by atoms with Crippen LogP contribution in [-0.2, 0) is 28.6 Å². The van der Waals surface area contributed by atoms with Gasteiger partial charge in [-0.2, -0.15) is 0 Å². The Morgan fingerprint density at radius 1 is 0.404 bits per heavy atom. The van der Waals surface area contributed by atoms with Crippen molar-refractivity contribution in [3.63, 3.8) is 0 Å². The lowest BCUT2D eigenvalue weighted by atomic mass is 9.93. The van der Waals surface area contributed by atoms with Gasteiger partial charge in [-0.3, -0.25) is 14.4 Å². The van der Waals surface area contributed by atoms with Crippen molar-refractivity contribution in [1.82, 2.24) is 4.90 Å². The summed E-state index contributed by atoms with van der Waals surface area (Å²) in [6.07, 6.45) is 37.2. The average Bonchev–Trinajstić information content (AvgIpc) is 3.20. The molecule has 0 aromatic heterocycles. The predicted molar refractivity (Wildman–Crippen MR) is 242 cm³/mol. The maximum Gasteiger partial charge on any atom is 0.306 e. The summed E-state index contributed by atoms with van der Waals surface area (Å²) >= 11 is 0. The number of nitrogens with zero attached hydrogens (tertiary/aromatic N) is 1. The zero-order valence-electron chi connectivity index (χ0n) is 39.0. The summed E-state index contributed by atoms with van der Waals surface area (Å²) in [4.78, 5) is 39.5. The molecule has 0 aliphatic rings. The topological polar surface area (TPSA) is 82.1 Å². The van der Waals surface area contributed by atoms with Crippen molar-refractivity contribution in [2.75, 3.05) is 33.4 Å². The molecule has 0 bridgehead atoms. The molecule has 0 heterocycles. The van der Waals surface area contributed by atoms with E-state index in [0.717, 1.165) is 96.6 Å². The maximum absolute atomic E-state index is 12.7. The molecule has 0 aromatic carbocycles. The van der Waals surface area contributed by atoms with E-state index < -0.39 is 0 Å². The molecule has 0 fully saturated rings. The highest BCUT2D eigenvalue weighted by atomic mass is 16.5. The summed E-state index contributed by atoms with van der Waals surface area (Å²) in [5.41, 5.74) is 0. The summed E-state index contributed by atoms with van der Waals surface area (Å²) in [6.45, 7) is 14.2. The van der Waals surface area contributed by atoms with Crippen molar-refractivity contribution in [2.24, 2.45) is 11.8 Å². The fourth-order valence-electron chi connectivity index (χ4n) is 7.87. The third-order valence-electron chi connectivity index (χ3n) is 12.0. The minimum atomic E-state index is -0.0397. The van der Waals surface area contributed by atoms with Gasteiger partial charge in [0.05, 0.1) is 13.2 Å². The molecule has 0 aromatic rings. The Bertz CT molecular complexity index is 824. The Hall–Kier alpha value is -1.63. The van der Waals surface area contributed by atoms with Crippen LogP contribution in [-0.4, -0.2) is 62.3 Å². The standard InChI is InChI=1S/C50H97NO6/c1-7-12-31-45(32-13-8-2)40-43-55-48(52)37-28-24-20-16-18-22-26-35-47(57-50(54)39-30-42-51(6)11-5)36-27-23-19-17-21-25-29-38-49(53)56-44-41-46(33-14-9-3)34-15-10-4/h45-47H,7-44H2,1-6H3. The van der Waals surface area contributed by atoms with Crippen molar-refractivity contribution in [3.8, 4) is 0 Å². The quantitative estimate of drug-likeness (QED) is 0.0344. The van der Waals surface area contributed by atoms with Crippen molar-refractivity contribution in [3.05, 3.63) is 0 Å². The van der Waals surface area contributed by atoms with Crippen LogP contribution in [0.3, 0.4) is 0 Å². The van der Waals surface area contributed by atoms with E-state index >= 15 is 0 Å². The number of carbonyl (C=O) groups is 3. The van der Waals surface area contributed by atoms with Gasteiger partial charge in [-0.15, -0.1) is 0 Å². The zero-order chi connectivity index (χ0) is 42.0. The normalized spacial score (nSPS) is 11.7. The Morgan fingerprint density at radius 3 is 1.12 bits per heavy atom. The molecule has 0 radical (unpaired) electrons. The van der Waals surface area contributed by atoms with Gasteiger partial charge < -0.3 is 19.1 Å². The predicted octanol–water partition coefficient (Wildman–Crippen LogP) is 14.5. The van der Waals surface area contributed by atoms with Gasteiger partial charge >= 0.3 is 17.9 Å². The first kappa shape index (κ1) is 55.4. The lowest BCUT2D eigenvalue weighted by Crippen LogP contribution is -2.22. The maximum atomic E-state index is 12.7. The minimum absolute atomic E-state index is 0.0223. The molecule has 338 valence electrons. The Kier molecular flexibility index (Phi) is 41.3. The molecule has 0 N–H and O–H groups in total. The third-order valence-corrected chi connectivity index (χ3v) is 12.0. The lowest BCUT2D eigenvalue weighted by Gasteiger charge is -2.19. The van der Waals surface area contributed by atoms with Crippen LogP contribution in [0.15, 0.2) is 0 Å². The van der Waals surface area contributed by atoms with E-state index in [1.54, 1.807) is 0 Å². The highest BCUT2D eigenvalue weighted by Gasteiger charge is 2.15. The number of esters is 3. The molecule has 57 heavy (non-hydrogen) atoms. The zero-order valence-corrected chi connectivity index (χ0v) is 39.0. The molecule has 0 saturated heterocycles. The molecule has 7 heteroatoms. The van der Waals surface area contributed by atoms with Crippen LogP contribution in [0.1, 0.15) is 253 Å². The molecular weight excluding hydrogens is 711 g/mol. The molecule has 0 rings (SSSR count). The molecule has 0 atom stereocenters. The molecule has 7 nitrogen and oxygen atoms in total. The monoisotopic (exact) mass is 808 g/mol. The van der Waals surface area contributed by atoms with Crippen LogP contribution in [0, 0.1) is 11.8 Å². The number of carbonyl (C=O) groups excluding carboxylic acids is 3. The molecule has 0 aliphatic carbocycles. The highest BCUT2D eigenvalue weighted by molar-refractivity contribution is 5.70. The lowest BCUT2D eigenvalue weighted by molar-refractivity contribution is -0.150. The van der Waals surface area contributed by atoms with Crippen LogP contribution >= 0.6 is 0 Å². The van der Waals surface area contributed by atoms with E-state index in [-0.39, 0.29) is 24.0 Å². The largest absolute Gasteiger partial charge is 0.466 e. The van der Waals surface area contributed by atoms with Gasteiger partial charge in [-0.1, -0.05) is 176 Å². The third kappa shape index (κ3) is 38.3. The van der Waals surface area contributed by atoms with E-state index in [9.17, 15) is 14.4 Å². The van der Waals surface area contributed by atoms with E-state index in [1.807, 2.05) is 0 Å². The second-order valence-electron chi connectivity index (χ2n) is 17.5. The smallest absolute Gasteiger partial charge is 0.306 e. The SMILES string of the molecule is CCCCC(CCCC)CCOC(=O)CCCCCCCCCC(CCCCCCCCCC(=O)OCCC(CCCC)CCCC)OC(=O)CCCN(C)CC. The Balaban J connectivity index is 4.23. The number of hydrogen-bond donors (Lipinski definition) is 0. The summed E-state index contributed by atoms with van der Waals surface area (Å²) in [7, 11) is 2.09. The van der Waals surface area contributed by atoms with E-state index in [1.165, 1.54) is 116 Å². The second-order valence-corrected chi connectivity index (χ2v) is 17.5. The summed E-state index contributed by atoms with van der Waals surface area (Å²) < 4.78 is 17.2. The Morgan fingerprint density at radius 2 is 0.754 bits per heavy atom. The summed E-state index contributed by atoms with van der Waals surface area (Å²) in [5.74, 6) is 1.32. The van der Waals surface area contributed by atoms with Crippen LogP contribution in [0.5, 0.6) is 0 Å². The first-order valence-electron chi connectivity index (χ1n) is 25.0. The first-order valence-corrected chi connectivity index (χ1v) is 25.0. The Labute approximate surface area is 354 Å². The van der Waals surface area contributed by atoms with Gasteiger partial charge in [-0.05, 0) is 89.8 Å². The molecule has 0 unspecified atom stereocenters. The fraction of sp³-hybridized carbons (Fsp3) is 0.940. The number of rotatable bonds is 44. The van der Waals surface area contributed by atoms with Gasteiger partial charge in [0, 0.05) is 19.3 Å². The van der Waals surface area contributed by atoms with E-state index in [2.05, 4.69) is 46.6 Å². The van der Waals surface area contributed by atoms with Crippen molar-refractivity contribution in [2.45, 2.75) is 259 Å². The fourth-order valence-corrected chi connectivity index (χ4v) is 7.87. The van der Waals surface area contributed by atoms with E-state index in [0.29, 0.717) is 44.3 Å². The van der Waals surface area contributed by atoms with Crippen LogP contribution in [0.4, 0.5) is 0 Å². The molecule has 0 saturated carbocycles. The molecule has 0 aliphatic heterocycles. The average molecular weight is 808 g/mol. The van der Waals surface area contributed by atoms with Gasteiger partial charge in [0.25, 0.3) is 0 Å². The van der Waals surface area contributed by atoms with Crippen molar-refractivity contribution in [1.29, 1.82) is 0 Å².